The highest BCUT2D eigenvalue weighted by molar-refractivity contribution is 5.97. The van der Waals surface area contributed by atoms with E-state index in [2.05, 4.69) is 20.5 Å². The minimum atomic E-state index is -0.739. The van der Waals surface area contributed by atoms with E-state index in [1.54, 1.807) is 6.07 Å². The molecule has 0 spiro atoms. The van der Waals surface area contributed by atoms with Gasteiger partial charge in [0.1, 0.15) is 0 Å². The molecule has 1 aliphatic heterocycles. The fourth-order valence-electron chi connectivity index (χ4n) is 2.77. The summed E-state index contributed by atoms with van der Waals surface area (Å²) in [5.74, 6) is -0.688. The average Bonchev–Trinajstić information content (AvgIpc) is 2.94. The van der Waals surface area contributed by atoms with Gasteiger partial charge in [-0.1, -0.05) is 0 Å². The molecule has 2 aromatic rings. The van der Waals surface area contributed by atoms with Crippen molar-refractivity contribution in [1.82, 2.24) is 20.5 Å². The standard InChI is InChI=1S/C15H19N5O3/c1-9-11-6-10(7-17-12(11)20-19-9)13(21)18-8-15(14(16)22)2-4-23-5-3-15/h6-7H,2-5,8H2,1H3,(H2,16,22)(H,18,21)(H,17,19,20). The molecule has 1 saturated heterocycles. The molecular weight excluding hydrogens is 298 g/mol. The van der Waals surface area contributed by atoms with Crippen LogP contribution < -0.4 is 11.1 Å². The normalized spacial score (nSPS) is 17.1. The predicted octanol–water partition coefficient (Wildman–Crippen LogP) is 0.278. The van der Waals surface area contributed by atoms with Crippen LogP contribution in [0.4, 0.5) is 0 Å². The Morgan fingerprint density at radius 3 is 2.87 bits per heavy atom. The number of pyridine rings is 1. The SMILES string of the molecule is Cc1[nH]nc2ncc(C(=O)NCC3(C(N)=O)CCOCC3)cc12. The summed E-state index contributed by atoms with van der Waals surface area (Å²) in [5.41, 5.74) is 6.64. The monoisotopic (exact) mass is 317 g/mol. The maximum Gasteiger partial charge on any atom is 0.252 e. The molecule has 2 amide bonds. The summed E-state index contributed by atoms with van der Waals surface area (Å²) >= 11 is 0. The van der Waals surface area contributed by atoms with Crippen LogP contribution >= 0.6 is 0 Å². The zero-order chi connectivity index (χ0) is 16.4. The zero-order valence-corrected chi connectivity index (χ0v) is 12.9. The van der Waals surface area contributed by atoms with Crippen molar-refractivity contribution in [3.63, 3.8) is 0 Å². The molecule has 0 unspecified atom stereocenters. The van der Waals surface area contributed by atoms with Gasteiger partial charge in [0, 0.05) is 37.0 Å². The fourth-order valence-corrected chi connectivity index (χ4v) is 2.77. The van der Waals surface area contributed by atoms with Gasteiger partial charge in [0.25, 0.3) is 5.91 Å². The number of hydrogen-bond donors (Lipinski definition) is 3. The Morgan fingerprint density at radius 1 is 1.43 bits per heavy atom. The number of nitrogens with zero attached hydrogens (tertiary/aromatic N) is 2. The molecule has 0 radical (unpaired) electrons. The Hall–Kier alpha value is -2.48. The number of ether oxygens (including phenoxy) is 1. The number of primary amides is 1. The summed E-state index contributed by atoms with van der Waals surface area (Å²) in [6.07, 6.45) is 2.50. The van der Waals surface area contributed by atoms with Crippen molar-refractivity contribution in [2.45, 2.75) is 19.8 Å². The Kier molecular flexibility index (Phi) is 3.99. The Bertz CT molecular complexity index is 749. The summed E-state index contributed by atoms with van der Waals surface area (Å²) < 4.78 is 5.28. The van der Waals surface area contributed by atoms with Gasteiger partial charge in [0.15, 0.2) is 5.65 Å². The molecule has 3 rings (SSSR count). The molecular formula is C15H19N5O3. The molecule has 0 bridgehead atoms. The first-order valence-electron chi connectivity index (χ1n) is 7.48. The van der Waals surface area contributed by atoms with E-state index >= 15 is 0 Å². The van der Waals surface area contributed by atoms with E-state index in [9.17, 15) is 9.59 Å². The number of fused-ring (bicyclic) bond motifs is 1. The van der Waals surface area contributed by atoms with Gasteiger partial charge in [-0.3, -0.25) is 14.7 Å². The van der Waals surface area contributed by atoms with Gasteiger partial charge in [-0.25, -0.2) is 4.98 Å². The number of nitrogens with one attached hydrogen (secondary N) is 2. The summed E-state index contributed by atoms with van der Waals surface area (Å²) in [4.78, 5) is 28.3. The maximum atomic E-state index is 12.4. The zero-order valence-electron chi connectivity index (χ0n) is 12.9. The molecule has 122 valence electrons. The lowest BCUT2D eigenvalue weighted by Crippen LogP contribution is -2.49. The molecule has 0 saturated carbocycles. The highest BCUT2D eigenvalue weighted by Gasteiger charge is 2.38. The van der Waals surface area contributed by atoms with Gasteiger partial charge >= 0.3 is 0 Å². The first-order valence-corrected chi connectivity index (χ1v) is 7.48. The molecule has 8 heteroatoms. The molecule has 2 aromatic heterocycles. The largest absolute Gasteiger partial charge is 0.381 e. The van der Waals surface area contributed by atoms with E-state index in [1.165, 1.54) is 6.20 Å². The summed E-state index contributed by atoms with van der Waals surface area (Å²) in [6.45, 7) is 3.01. The topological polar surface area (TPSA) is 123 Å². The van der Waals surface area contributed by atoms with Crippen molar-refractivity contribution >= 4 is 22.8 Å². The molecule has 0 atom stereocenters. The van der Waals surface area contributed by atoms with Crippen molar-refractivity contribution < 1.29 is 14.3 Å². The minimum Gasteiger partial charge on any atom is -0.381 e. The maximum absolute atomic E-state index is 12.4. The van der Waals surface area contributed by atoms with Crippen LogP contribution in [0.5, 0.6) is 0 Å². The van der Waals surface area contributed by atoms with Crippen LogP contribution in [-0.2, 0) is 9.53 Å². The number of H-pyrrole nitrogens is 1. The predicted molar refractivity (Wildman–Crippen MR) is 82.6 cm³/mol. The average molecular weight is 317 g/mol. The van der Waals surface area contributed by atoms with E-state index < -0.39 is 11.3 Å². The number of aromatic nitrogens is 3. The molecule has 8 nitrogen and oxygen atoms in total. The molecule has 23 heavy (non-hydrogen) atoms. The highest BCUT2D eigenvalue weighted by Crippen LogP contribution is 2.29. The number of rotatable bonds is 4. The molecule has 1 fully saturated rings. The van der Waals surface area contributed by atoms with Crippen molar-refractivity contribution in [2.75, 3.05) is 19.8 Å². The smallest absolute Gasteiger partial charge is 0.252 e. The second-order valence-corrected chi connectivity index (χ2v) is 5.88. The highest BCUT2D eigenvalue weighted by atomic mass is 16.5. The van der Waals surface area contributed by atoms with Crippen molar-refractivity contribution in [3.05, 3.63) is 23.5 Å². The number of carbonyl (C=O) groups excluding carboxylic acids is 2. The summed E-state index contributed by atoms with van der Waals surface area (Å²) in [7, 11) is 0. The van der Waals surface area contributed by atoms with E-state index in [0.29, 0.717) is 37.3 Å². The molecule has 1 aliphatic rings. The summed E-state index contributed by atoms with van der Waals surface area (Å²) in [5, 5.41) is 10.5. The van der Waals surface area contributed by atoms with E-state index in [-0.39, 0.29) is 12.5 Å². The van der Waals surface area contributed by atoms with Crippen LogP contribution in [0.15, 0.2) is 12.3 Å². The number of amides is 2. The third-order valence-electron chi connectivity index (χ3n) is 4.42. The quantitative estimate of drug-likeness (QED) is 0.747. The van der Waals surface area contributed by atoms with Gasteiger partial charge in [-0.2, -0.15) is 5.10 Å². The van der Waals surface area contributed by atoms with Gasteiger partial charge < -0.3 is 15.8 Å². The molecule has 3 heterocycles. The second kappa shape index (κ2) is 5.96. The van der Waals surface area contributed by atoms with E-state index in [1.807, 2.05) is 6.92 Å². The molecule has 4 N–H and O–H groups in total. The number of hydrogen-bond acceptors (Lipinski definition) is 5. The lowest BCUT2D eigenvalue weighted by molar-refractivity contribution is -0.132. The molecule has 0 aliphatic carbocycles. The summed E-state index contributed by atoms with van der Waals surface area (Å²) in [6, 6.07) is 1.73. The second-order valence-electron chi connectivity index (χ2n) is 5.88. The van der Waals surface area contributed by atoms with Crippen LogP contribution in [-0.4, -0.2) is 46.8 Å². The van der Waals surface area contributed by atoms with Crippen LogP contribution in [0.2, 0.25) is 0 Å². The number of nitrogens with two attached hydrogens (primary N) is 1. The number of carbonyl (C=O) groups is 2. The van der Waals surface area contributed by atoms with Crippen molar-refractivity contribution in [2.24, 2.45) is 11.1 Å². The van der Waals surface area contributed by atoms with Gasteiger partial charge in [-0.15, -0.1) is 0 Å². The van der Waals surface area contributed by atoms with Crippen LogP contribution in [0.1, 0.15) is 28.9 Å². The van der Waals surface area contributed by atoms with E-state index in [0.717, 1.165) is 11.1 Å². The first kappa shape index (κ1) is 15.4. The number of aromatic amines is 1. The van der Waals surface area contributed by atoms with Crippen LogP contribution in [0.3, 0.4) is 0 Å². The Balaban J connectivity index is 1.74. The minimum absolute atomic E-state index is 0.201. The van der Waals surface area contributed by atoms with Crippen molar-refractivity contribution in [1.29, 1.82) is 0 Å². The Morgan fingerprint density at radius 2 is 2.17 bits per heavy atom. The first-order chi connectivity index (χ1) is 11.0. The van der Waals surface area contributed by atoms with Crippen LogP contribution in [0.25, 0.3) is 11.0 Å². The third kappa shape index (κ3) is 2.89. The lowest BCUT2D eigenvalue weighted by atomic mass is 9.79. The lowest BCUT2D eigenvalue weighted by Gasteiger charge is -2.34. The van der Waals surface area contributed by atoms with Gasteiger partial charge in [-0.05, 0) is 25.8 Å². The van der Waals surface area contributed by atoms with Gasteiger partial charge in [0.2, 0.25) is 5.91 Å². The molecule has 0 aromatic carbocycles. The third-order valence-corrected chi connectivity index (χ3v) is 4.42. The van der Waals surface area contributed by atoms with Gasteiger partial charge in [0.05, 0.1) is 11.0 Å². The van der Waals surface area contributed by atoms with Crippen molar-refractivity contribution in [3.8, 4) is 0 Å². The van der Waals surface area contributed by atoms with Crippen LogP contribution in [0, 0.1) is 12.3 Å². The van der Waals surface area contributed by atoms with E-state index in [4.69, 9.17) is 10.5 Å². The fraction of sp³-hybridized carbons (Fsp3) is 0.467. The number of aryl methyl sites for hydroxylation is 1. The Labute approximate surface area is 132 Å².